The largest absolute Gasteiger partial charge is 0.497 e. The molecular weight excluding hydrogens is 329 g/mol. The molecule has 0 saturated carbocycles. The Balaban J connectivity index is 0.00000256. The van der Waals surface area contributed by atoms with Gasteiger partial charge >= 0.3 is 0 Å². The van der Waals surface area contributed by atoms with Crippen molar-refractivity contribution in [3.63, 3.8) is 0 Å². The van der Waals surface area contributed by atoms with Crippen LogP contribution in [-0.2, 0) is 6.54 Å². The lowest BCUT2D eigenvalue weighted by atomic mass is 10.2. The Morgan fingerprint density at radius 1 is 1.24 bits per heavy atom. The Hall–Kier alpha value is -0.980. The summed E-state index contributed by atoms with van der Waals surface area (Å²) in [5.74, 6) is 1.69. The van der Waals surface area contributed by atoms with Gasteiger partial charge in [0.15, 0.2) is 5.96 Å². The summed E-state index contributed by atoms with van der Waals surface area (Å²) in [5.41, 5.74) is 1.19. The van der Waals surface area contributed by atoms with Gasteiger partial charge in [0.05, 0.1) is 7.11 Å². The number of benzene rings is 1. The molecular formula is C12H20IN3O. The Morgan fingerprint density at radius 2 is 1.88 bits per heavy atom. The zero-order valence-corrected chi connectivity index (χ0v) is 12.8. The first-order valence-corrected chi connectivity index (χ1v) is 5.37. The molecule has 0 radical (unpaired) electrons. The van der Waals surface area contributed by atoms with Crippen molar-refractivity contribution >= 4 is 29.9 Å². The van der Waals surface area contributed by atoms with Crippen LogP contribution in [0.1, 0.15) is 12.5 Å². The van der Waals surface area contributed by atoms with E-state index in [0.717, 1.165) is 24.8 Å². The molecule has 0 aliphatic rings. The molecule has 0 unspecified atom stereocenters. The number of aliphatic imine (C=N–C) groups is 1. The van der Waals surface area contributed by atoms with Gasteiger partial charge in [-0.15, -0.1) is 24.0 Å². The summed E-state index contributed by atoms with van der Waals surface area (Å²) in [6, 6.07) is 7.97. The Labute approximate surface area is 120 Å². The fourth-order valence-electron chi connectivity index (χ4n) is 1.32. The van der Waals surface area contributed by atoms with Crippen molar-refractivity contribution in [3.8, 4) is 5.75 Å². The quantitative estimate of drug-likeness (QED) is 0.497. The summed E-state index contributed by atoms with van der Waals surface area (Å²) >= 11 is 0. The van der Waals surface area contributed by atoms with Crippen LogP contribution in [0.25, 0.3) is 0 Å². The van der Waals surface area contributed by atoms with Crippen molar-refractivity contribution in [1.29, 1.82) is 0 Å². The highest BCUT2D eigenvalue weighted by Crippen LogP contribution is 2.10. The van der Waals surface area contributed by atoms with Crippen LogP contribution in [0.3, 0.4) is 0 Å². The number of nitrogens with zero attached hydrogens (tertiary/aromatic N) is 1. The molecule has 2 N–H and O–H groups in total. The lowest BCUT2D eigenvalue weighted by Gasteiger charge is -2.10. The number of ether oxygens (including phenoxy) is 1. The van der Waals surface area contributed by atoms with Crippen molar-refractivity contribution in [3.05, 3.63) is 29.8 Å². The topological polar surface area (TPSA) is 45.7 Å². The van der Waals surface area contributed by atoms with Gasteiger partial charge in [-0.1, -0.05) is 12.1 Å². The minimum absolute atomic E-state index is 0. The molecule has 5 heteroatoms. The second kappa shape index (κ2) is 9.09. The second-order valence-corrected chi connectivity index (χ2v) is 3.30. The highest BCUT2D eigenvalue weighted by atomic mass is 127. The van der Waals surface area contributed by atoms with E-state index in [1.54, 1.807) is 14.2 Å². The maximum absolute atomic E-state index is 5.10. The smallest absolute Gasteiger partial charge is 0.191 e. The monoisotopic (exact) mass is 349 g/mol. The molecule has 0 spiro atoms. The number of methoxy groups -OCH3 is 1. The fraction of sp³-hybridized carbons (Fsp3) is 0.417. The van der Waals surface area contributed by atoms with Gasteiger partial charge < -0.3 is 15.4 Å². The summed E-state index contributed by atoms with van der Waals surface area (Å²) in [5, 5.41) is 6.36. The molecule has 0 saturated heterocycles. The number of guanidine groups is 1. The summed E-state index contributed by atoms with van der Waals surface area (Å²) < 4.78 is 5.10. The van der Waals surface area contributed by atoms with Crippen LogP contribution < -0.4 is 15.4 Å². The van der Waals surface area contributed by atoms with E-state index in [-0.39, 0.29) is 24.0 Å². The van der Waals surface area contributed by atoms with Crippen LogP contribution in [0, 0.1) is 0 Å². The molecule has 1 rings (SSSR count). The van der Waals surface area contributed by atoms with E-state index in [2.05, 4.69) is 15.6 Å². The number of hydrogen-bond donors (Lipinski definition) is 2. The third kappa shape index (κ3) is 5.76. The zero-order chi connectivity index (χ0) is 11.8. The van der Waals surface area contributed by atoms with E-state index in [4.69, 9.17) is 4.74 Å². The third-order valence-corrected chi connectivity index (χ3v) is 2.19. The molecule has 0 amide bonds. The summed E-state index contributed by atoms with van der Waals surface area (Å²) in [6.07, 6.45) is 0. The molecule has 4 nitrogen and oxygen atoms in total. The molecule has 0 aromatic heterocycles. The number of halogens is 1. The van der Waals surface area contributed by atoms with Gasteiger partial charge in [-0.25, -0.2) is 0 Å². The maximum atomic E-state index is 5.10. The highest BCUT2D eigenvalue weighted by Gasteiger charge is 1.97. The van der Waals surface area contributed by atoms with Crippen LogP contribution in [0.4, 0.5) is 0 Å². The van der Waals surface area contributed by atoms with Gasteiger partial charge in [-0.2, -0.15) is 0 Å². The highest BCUT2D eigenvalue weighted by molar-refractivity contribution is 14.0. The molecule has 0 fully saturated rings. The summed E-state index contributed by atoms with van der Waals surface area (Å²) in [4.78, 5) is 4.10. The SMILES string of the molecule is CCNC(=NC)NCc1ccc(OC)cc1.I. The van der Waals surface area contributed by atoms with E-state index in [1.807, 2.05) is 31.2 Å². The molecule has 0 bridgehead atoms. The van der Waals surface area contributed by atoms with Crippen LogP contribution in [-0.4, -0.2) is 26.7 Å². The summed E-state index contributed by atoms with van der Waals surface area (Å²) in [6.45, 7) is 3.66. The van der Waals surface area contributed by atoms with Crippen molar-refractivity contribution in [2.24, 2.45) is 4.99 Å². The average molecular weight is 349 g/mol. The normalized spacial score (nSPS) is 10.4. The van der Waals surface area contributed by atoms with Gasteiger partial charge in [0.1, 0.15) is 5.75 Å². The van der Waals surface area contributed by atoms with Crippen LogP contribution >= 0.6 is 24.0 Å². The van der Waals surface area contributed by atoms with Crippen molar-refractivity contribution in [2.45, 2.75) is 13.5 Å². The molecule has 1 aromatic rings. The van der Waals surface area contributed by atoms with Gasteiger partial charge in [-0.05, 0) is 24.6 Å². The maximum Gasteiger partial charge on any atom is 0.191 e. The van der Waals surface area contributed by atoms with Gasteiger partial charge in [0.2, 0.25) is 0 Å². The minimum Gasteiger partial charge on any atom is -0.497 e. The van der Waals surface area contributed by atoms with Crippen LogP contribution in [0.2, 0.25) is 0 Å². The van der Waals surface area contributed by atoms with E-state index < -0.39 is 0 Å². The Morgan fingerprint density at radius 3 is 2.35 bits per heavy atom. The molecule has 0 aliphatic carbocycles. The lowest BCUT2D eigenvalue weighted by molar-refractivity contribution is 0.414. The number of nitrogens with one attached hydrogen (secondary N) is 2. The van der Waals surface area contributed by atoms with Gasteiger partial charge in [0, 0.05) is 20.1 Å². The Bertz CT molecular complexity index is 338. The van der Waals surface area contributed by atoms with E-state index >= 15 is 0 Å². The van der Waals surface area contributed by atoms with E-state index in [9.17, 15) is 0 Å². The van der Waals surface area contributed by atoms with Crippen molar-refractivity contribution in [1.82, 2.24) is 10.6 Å². The second-order valence-electron chi connectivity index (χ2n) is 3.30. The van der Waals surface area contributed by atoms with Gasteiger partial charge in [-0.3, -0.25) is 4.99 Å². The van der Waals surface area contributed by atoms with E-state index in [0.29, 0.717) is 0 Å². The predicted octanol–water partition coefficient (Wildman–Crippen LogP) is 2.00. The molecule has 0 aliphatic heterocycles. The summed E-state index contributed by atoms with van der Waals surface area (Å²) in [7, 11) is 3.43. The third-order valence-electron chi connectivity index (χ3n) is 2.19. The van der Waals surface area contributed by atoms with Crippen molar-refractivity contribution in [2.75, 3.05) is 20.7 Å². The van der Waals surface area contributed by atoms with E-state index in [1.165, 1.54) is 5.56 Å². The Kier molecular flexibility index (Phi) is 8.57. The fourth-order valence-corrected chi connectivity index (χ4v) is 1.32. The molecule has 1 aromatic carbocycles. The lowest BCUT2D eigenvalue weighted by Crippen LogP contribution is -2.36. The standard InChI is InChI=1S/C12H19N3O.HI/c1-4-14-12(13-2)15-9-10-5-7-11(16-3)8-6-10;/h5-8H,4,9H2,1-3H3,(H2,13,14,15);1H. The number of hydrogen-bond acceptors (Lipinski definition) is 2. The van der Waals surface area contributed by atoms with Gasteiger partial charge in [0.25, 0.3) is 0 Å². The molecule has 0 heterocycles. The molecule has 17 heavy (non-hydrogen) atoms. The van der Waals surface area contributed by atoms with Crippen LogP contribution in [0.15, 0.2) is 29.3 Å². The average Bonchev–Trinajstić information content (AvgIpc) is 2.35. The molecule has 96 valence electrons. The first-order chi connectivity index (χ1) is 7.80. The predicted molar refractivity (Wildman–Crippen MR) is 82.3 cm³/mol. The minimum atomic E-state index is 0. The van der Waals surface area contributed by atoms with Crippen molar-refractivity contribution < 1.29 is 4.74 Å². The first-order valence-electron chi connectivity index (χ1n) is 5.37. The number of rotatable bonds is 4. The zero-order valence-electron chi connectivity index (χ0n) is 10.5. The molecule has 0 atom stereocenters. The first kappa shape index (κ1) is 16.0. The van der Waals surface area contributed by atoms with Crippen LogP contribution in [0.5, 0.6) is 5.75 Å².